The number of hydrogen-bond acceptors (Lipinski definition) is 4. The summed E-state index contributed by atoms with van der Waals surface area (Å²) in [6.45, 7) is 8.26. The molecule has 3 fully saturated rings. The number of hydrogen-bond donors (Lipinski definition) is 0. The van der Waals surface area contributed by atoms with E-state index in [1.54, 1.807) is 11.2 Å². The van der Waals surface area contributed by atoms with Gasteiger partial charge in [0, 0.05) is 44.7 Å². The first-order valence-electron chi connectivity index (χ1n) is 7.31. The molecule has 1 atom stereocenters. The van der Waals surface area contributed by atoms with Crippen molar-refractivity contribution in [2.45, 2.75) is 19.8 Å². The minimum Gasteiger partial charge on any atom is -0.381 e. The summed E-state index contributed by atoms with van der Waals surface area (Å²) in [4.78, 5) is 2.47. The van der Waals surface area contributed by atoms with Gasteiger partial charge in [-0.3, -0.25) is 0 Å². The smallest absolute Gasteiger partial charge is 0.213 e. The fourth-order valence-corrected chi connectivity index (χ4v) is 4.90. The first kappa shape index (κ1) is 13.8. The Bertz CT molecular complexity index is 425. The molecule has 1 spiro atoms. The maximum atomic E-state index is 11.9. The Labute approximate surface area is 115 Å². The quantitative estimate of drug-likeness (QED) is 0.750. The summed E-state index contributed by atoms with van der Waals surface area (Å²) in [5.41, 5.74) is 0.252. The van der Waals surface area contributed by atoms with E-state index in [1.807, 2.05) is 0 Å². The Kier molecular flexibility index (Phi) is 3.62. The summed E-state index contributed by atoms with van der Waals surface area (Å²) >= 11 is 0. The fourth-order valence-electron chi connectivity index (χ4n) is 3.70. The molecule has 0 radical (unpaired) electrons. The van der Waals surface area contributed by atoms with Gasteiger partial charge in [-0.05, 0) is 25.7 Å². The van der Waals surface area contributed by atoms with Gasteiger partial charge in [-0.25, -0.2) is 12.7 Å². The second-order valence-electron chi connectivity index (χ2n) is 6.38. The van der Waals surface area contributed by atoms with Crippen molar-refractivity contribution in [2.75, 3.05) is 51.7 Å². The average molecular weight is 288 g/mol. The molecule has 3 rings (SSSR count). The summed E-state index contributed by atoms with van der Waals surface area (Å²) in [7, 11) is -2.99. The van der Waals surface area contributed by atoms with Gasteiger partial charge in [0.2, 0.25) is 10.0 Å². The lowest BCUT2D eigenvalue weighted by atomic mass is 9.78. The largest absolute Gasteiger partial charge is 0.381 e. The lowest BCUT2D eigenvalue weighted by Gasteiger charge is -2.49. The van der Waals surface area contributed by atoms with Crippen molar-refractivity contribution < 1.29 is 13.2 Å². The van der Waals surface area contributed by atoms with Crippen LogP contribution >= 0.6 is 0 Å². The molecule has 0 amide bonds. The molecular weight excluding hydrogens is 264 g/mol. The molecule has 110 valence electrons. The Balaban J connectivity index is 1.50. The highest BCUT2D eigenvalue weighted by Gasteiger charge is 2.49. The standard InChI is InChI=1S/C13H24N2O3S/c1-2-19(16,17)15-5-4-13(11-15)9-14(10-13)7-12-3-6-18-8-12/h12H,2-11H2,1H3/t12-/m0/s1. The highest BCUT2D eigenvalue weighted by Crippen LogP contribution is 2.41. The van der Waals surface area contributed by atoms with Gasteiger partial charge in [-0.1, -0.05) is 0 Å². The molecule has 0 aliphatic carbocycles. The SMILES string of the molecule is CCS(=O)(=O)N1CCC2(CN(C[C@@H]3CCOC3)C2)C1. The summed E-state index contributed by atoms with van der Waals surface area (Å²) in [5, 5.41) is 0. The first-order valence-corrected chi connectivity index (χ1v) is 8.92. The molecule has 3 aliphatic rings. The van der Waals surface area contributed by atoms with Crippen LogP contribution in [0.25, 0.3) is 0 Å². The van der Waals surface area contributed by atoms with Crippen LogP contribution in [0.4, 0.5) is 0 Å². The average Bonchev–Trinajstić information content (AvgIpc) is 2.97. The zero-order chi connectivity index (χ0) is 13.5. The van der Waals surface area contributed by atoms with E-state index in [4.69, 9.17) is 4.74 Å². The van der Waals surface area contributed by atoms with Crippen LogP contribution in [0.5, 0.6) is 0 Å². The molecule has 6 heteroatoms. The zero-order valence-electron chi connectivity index (χ0n) is 11.7. The fraction of sp³-hybridized carbons (Fsp3) is 1.00. The number of rotatable bonds is 4. The van der Waals surface area contributed by atoms with E-state index in [2.05, 4.69) is 4.90 Å². The van der Waals surface area contributed by atoms with Crippen molar-refractivity contribution in [2.24, 2.45) is 11.3 Å². The third-order valence-corrected chi connectivity index (χ3v) is 6.65. The van der Waals surface area contributed by atoms with Crippen molar-refractivity contribution in [3.05, 3.63) is 0 Å². The highest BCUT2D eigenvalue weighted by molar-refractivity contribution is 7.89. The Hall–Kier alpha value is -0.170. The highest BCUT2D eigenvalue weighted by atomic mass is 32.2. The Morgan fingerprint density at radius 1 is 1.32 bits per heavy atom. The molecule has 0 aromatic heterocycles. The van der Waals surface area contributed by atoms with E-state index in [1.165, 1.54) is 6.42 Å². The second kappa shape index (κ2) is 4.98. The van der Waals surface area contributed by atoms with Gasteiger partial charge in [0.25, 0.3) is 0 Å². The monoisotopic (exact) mass is 288 g/mol. The third kappa shape index (κ3) is 2.68. The topological polar surface area (TPSA) is 49.9 Å². The van der Waals surface area contributed by atoms with E-state index >= 15 is 0 Å². The third-order valence-electron chi connectivity index (χ3n) is 4.82. The van der Waals surface area contributed by atoms with Crippen molar-refractivity contribution in [3.63, 3.8) is 0 Å². The van der Waals surface area contributed by atoms with E-state index in [0.717, 1.165) is 52.4 Å². The van der Waals surface area contributed by atoms with Gasteiger partial charge in [-0.2, -0.15) is 0 Å². The molecule has 3 heterocycles. The second-order valence-corrected chi connectivity index (χ2v) is 8.64. The lowest BCUT2D eigenvalue weighted by molar-refractivity contribution is 0.000584. The molecule has 19 heavy (non-hydrogen) atoms. The number of sulfonamides is 1. The predicted octanol–water partition coefficient (Wildman–Crippen LogP) is 0.380. The van der Waals surface area contributed by atoms with Gasteiger partial charge in [0.15, 0.2) is 0 Å². The minimum absolute atomic E-state index is 0.228. The summed E-state index contributed by atoms with van der Waals surface area (Å²) in [6.07, 6.45) is 2.21. The maximum absolute atomic E-state index is 11.9. The Morgan fingerprint density at radius 3 is 2.74 bits per heavy atom. The van der Waals surface area contributed by atoms with E-state index in [-0.39, 0.29) is 11.2 Å². The molecule has 0 aromatic carbocycles. The van der Waals surface area contributed by atoms with Crippen LogP contribution < -0.4 is 0 Å². The maximum Gasteiger partial charge on any atom is 0.213 e. The number of ether oxygens (including phenoxy) is 1. The van der Waals surface area contributed by atoms with Crippen LogP contribution in [-0.2, 0) is 14.8 Å². The van der Waals surface area contributed by atoms with Gasteiger partial charge in [0.1, 0.15) is 0 Å². The molecule has 0 N–H and O–H groups in total. The van der Waals surface area contributed by atoms with Gasteiger partial charge >= 0.3 is 0 Å². The molecule has 0 aromatic rings. The van der Waals surface area contributed by atoms with Crippen LogP contribution in [0.15, 0.2) is 0 Å². The summed E-state index contributed by atoms with van der Waals surface area (Å²) in [5.74, 6) is 0.917. The van der Waals surface area contributed by atoms with Crippen LogP contribution in [0.3, 0.4) is 0 Å². The van der Waals surface area contributed by atoms with Gasteiger partial charge < -0.3 is 9.64 Å². The van der Waals surface area contributed by atoms with Gasteiger partial charge in [-0.15, -0.1) is 0 Å². The van der Waals surface area contributed by atoms with Gasteiger partial charge in [0.05, 0.1) is 12.4 Å². The van der Waals surface area contributed by atoms with E-state index < -0.39 is 10.0 Å². The molecule has 3 aliphatic heterocycles. The van der Waals surface area contributed by atoms with E-state index in [9.17, 15) is 8.42 Å². The van der Waals surface area contributed by atoms with Crippen molar-refractivity contribution >= 4 is 10.0 Å². The molecule has 0 bridgehead atoms. The van der Waals surface area contributed by atoms with Crippen LogP contribution in [0, 0.1) is 11.3 Å². The molecule has 5 nitrogen and oxygen atoms in total. The van der Waals surface area contributed by atoms with Crippen LogP contribution in [0.1, 0.15) is 19.8 Å². The van der Waals surface area contributed by atoms with Crippen molar-refractivity contribution in [1.29, 1.82) is 0 Å². The number of likely N-dealkylation sites (tertiary alicyclic amines) is 1. The molecule has 0 unspecified atom stereocenters. The molecule has 3 saturated heterocycles. The normalized spacial score (nSPS) is 31.9. The van der Waals surface area contributed by atoms with Crippen LogP contribution in [-0.4, -0.2) is 69.3 Å². The van der Waals surface area contributed by atoms with Crippen LogP contribution in [0.2, 0.25) is 0 Å². The summed E-state index contributed by atoms with van der Waals surface area (Å²) in [6, 6.07) is 0. The Morgan fingerprint density at radius 2 is 2.11 bits per heavy atom. The minimum atomic E-state index is -2.99. The lowest BCUT2D eigenvalue weighted by Crippen LogP contribution is -2.58. The van der Waals surface area contributed by atoms with Crippen molar-refractivity contribution in [3.8, 4) is 0 Å². The predicted molar refractivity (Wildman–Crippen MR) is 73.4 cm³/mol. The van der Waals surface area contributed by atoms with E-state index in [0.29, 0.717) is 5.92 Å². The zero-order valence-corrected chi connectivity index (χ0v) is 12.5. The van der Waals surface area contributed by atoms with Crippen molar-refractivity contribution in [1.82, 2.24) is 9.21 Å². The summed E-state index contributed by atoms with van der Waals surface area (Å²) < 4.78 is 30.9. The molecular formula is C13H24N2O3S. The first-order chi connectivity index (χ1) is 9.03. The number of nitrogens with zero attached hydrogens (tertiary/aromatic N) is 2. The molecule has 0 saturated carbocycles.